The van der Waals surface area contributed by atoms with Crippen LogP contribution >= 0.6 is 11.8 Å². The Kier molecular flexibility index (Phi) is 39.9. The fourth-order valence-corrected chi connectivity index (χ4v) is 3.17. The van der Waals surface area contributed by atoms with Gasteiger partial charge in [0.05, 0.1) is 6.07 Å². The Balaban J connectivity index is -0.000000313. The molecule has 0 spiro atoms. The third kappa shape index (κ3) is 33.9. The largest absolute Gasteiger partial charge is 0.385 e. The van der Waals surface area contributed by atoms with E-state index >= 15 is 0 Å². The van der Waals surface area contributed by atoms with Gasteiger partial charge in [-0.15, -0.1) is 0 Å². The van der Waals surface area contributed by atoms with Crippen LogP contribution in [0, 0.1) is 17.2 Å². The van der Waals surface area contributed by atoms with E-state index in [0.717, 1.165) is 38.2 Å². The Hall–Kier alpha value is -2.24. The van der Waals surface area contributed by atoms with Gasteiger partial charge in [0.15, 0.2) is 0 Å². The molecular formula is C33H65N5O2S. The molecule has 1 fully saturated rings. The number of carbonyl (C=O) groups is 2. The van der Waals surface area contributed by atoms with E-state index in [0.29, 0.717) is 6.42 Å². The van der Waals surface area contributed by atoms with Gasteiger partial charge in [-0.2, -0.15) is 17.0 Å². The molecule has 2 N–H and O–H groups in total. The highest BCUT2D eigenvalue weighted by atomic mass is 32.2. The van der Waals surface area contributed by atoms with Crippen LogP contribution in [0.2, 0.25) is 0 Å². The van der Waals surface area contributed by atoms with Crippen LogP contribution in [-0.4, -0.2) is 80.4 Å². The molecule has 0 atom stereocenters. The fraction of sp³-hybridized carbons (Fsp3) is 0.727. The monoisotopic (exact) mass is 595 g/mol. The van der Waals surface area contributed by atoms with Gasteiger partial charge < -0.3 is 20.4 Å². The lowest BCUT2D eigenvalue weighted by Gasteiger charge is -2.15. The van der Waals surface area contributed by atoms with Crippen molar-refractivity contribution in [3.8, 4) is 6.07 Å². The third-order valence-electron chi connectivity index (χ3n) is 5.35. The average molecular weight is 596 g/mol. The summed E-state index contributed by atoms with van der Waals surface area (Å²) in [5.41, 5.74) is 2.55. The van der Waals surface area contributed by atoms with Gasteiger partial charge in [0.2, 0.25) is 11.8 Å². The second-order valence-electron chi connectivity index (χ2n) is 9.21. The molecule has 0 aliphatic carbocycles. The van der Waals surface area contributed by atoms with Gasteiger partial charge >= 0.3 is 0 Å². The minimum absolute atomic E-state index is 0.0394. The summed E-state index contributed by atoms with van der Waals surface area (Å²) in [6.07, 6.45) is 9.43. The SMILES string of the molecule is CC.CC.CC(C)C#N.CCN(C)C(=O)CCCNc1ccc(CCN2CCCC2)cc1.CCNC(C)=O.CSC. The second kappa shape index (κ2) is 35.8. The molecule has 1 saturated heterocycles. The molecule has 7 nitrogen and oxygen atoms in total. The number of thioether (sulfide) groups is 1. The molecule has 0 aromatic heterocycles. The van der Waals surface area contributed by atoms with Crippen LogP contribution in [0.1, 0.15) is 93.6 Å². The van der Waals surface area contributed by atoms with Crippen LogP contribution in [0.25, 0.3) is 0 Å². The molecule has 8 heteroatoms. The first-order chi connectivity index (χ1) is 19.6. The Morgan fingerprint density at radius 2 is 1.54 bits per heavy atom. The normalized spacial score (nSPS) is 11.1. The van der Waals surface area contributed by atoms with E-state index in [1.165, 1.54) is 45.0 Å². The van der Waals surface area contributed by atoms with Crippen molar-refractivity contribution < 1.29 is 9.59 Å². The molecule has 1 aliphatic heterocycles. The Morgan fingerprint density at radius 3 is 1.90 bits per heavy atom. The lowest BCUT2D eigenvalue weighted by Crippen LogP contribution is -2.26. The van der Waals surface area contributed by atoms with Crippen molar-refractivity contribution in [3.63, 3.8) is 0 Å². The molecule has 1 aliphatic rings. The number of carbonyl (C=O) groups excluding carboxylic acids is 2. The zero-order valence-electron chi connectivity index (χ0n) is 28.7. The zero-order valence-corrected chi connectivity index (χ0v) is 29.5. The molecule has 0 saturated carbocycles. The summed E-state index contributed by atoms with van der Waals surface area (Å²) in [6.45, 7) is 23.2. The Labute approximate surface area is 259 Å². The van der Waals surface area contributed by atoms with E-state index in [2.05, 4.69) is 39.8 Å². The van der Waals surface area contributed by atoms with Crippen molar-refractivity contribution in [3.05, 3.63) is 29.8 Å². The van der Waals surface area contributed by atoms with Crippen molar-refractivity contribution in [2.75, 3.05) is 64.1 Å². The predicted molar refractivity (Wildman–Crippen MR) is 184 cm³/mol. The maximum atomic E-state index is 11.7. The van der Waals surface area contributed by atoms with Gasteiger partial charge in [-0.1, -0.05) is 39.8 Å². The van der Waals surface area contributed by atoms with Crippen molar-refractivity contribution in [1.29, 1.82) is 5.26 Å². The van der Waals surface area contributed by atoms with Crippen LogP contribution in [0.3, 0.4) is 0 Å². The summed E-state index contributed by atoms with van der Waals surface area (Å²) in [7, 11) is 1.86. The van der Waals surface area contributed by atoms with E-state index in [9.17, 15) is 9.59 Å². The minimum atomic E-state index is 0.0394. The van der Waals surface area contributed by atoms with Crippen LogP contribution in [0.5, 0.6) is 0 Å². The zero-order chi connectivity index (χ0) is 32.5. The van der Waals surface area contributed by atoms with Crippen LogP contribution in [-0.2, 0) is 16.0 Å². The van der Waals surface area contributed by atoms with E-state index in [-0.39, 0.29) is 17.7 Å². The fourth-order valence-electron chi connectivity index (χ4n) is 3.17. The van der Waals surface area contributed by atoms with Gasteiger partial charge in [-0.3, -0.25) is 9.59 Å². The van der Waals surface area contributed by atoms with E-state index in [1.807, 2.05) is 81.0 Å². The number of benzene rings is 1. The van der Waals surface area contributed by atoms with Crippen molar-refractivity contribution in [2.24, 2.45) is 5.92 Å². The highest BCUT2D eigenvalue weighted by molar-refractivity contribution is 7.97. The van der Waals surface area contributed by atoms with Gasteiger partial charge in [-0.05, 0) is 96.7 Å². The number of hydrogen-bond donors (Lipinski definition) is 2. The molecule has 1 aromatic rings. The van der Waals surface area contributed by atoms with Crippen molar-refractivity contribution in [1.82, 2.24) is 15.1 Å². The molecule has 0 bridgehead atoms. The lowest BCUT2D eigenvalue weighted by molar-refractivity contribution is -0.129. The molecule has 240 valence electrons. The first-order valence-corrected chi connectivity index (χ1v) is 17.1. The first-order valence-electron chi connectivity index (χ1n) is 15.5. The van der Waals surface area contributed by atoms with E-state index in [1.54, 1.807) is 16.7 Å². The standard InChI is InChI=1S/C19H31N3O.C4H9NO.C4H7N.C2H6S.2C2H6/c1-3-21(2)19(23)7-6-13-20-18-10-8-17(9-11-18)12-16-22-14-4-5-15-22;1-3-5-4(2)6;1-4(2)3-5;1-3-2;2*1-2/h8-11,20H,3-7,12-16H2,1-2H3;3H2,1-2H3,(H,5,6);4H,1-2H3;1-2H3;2*1-2H3. The summed E-state index contributed by atoms with van der Waals surface area (Å²) >= 11 is 1.75. The van der Waals surface area contributed by atoms with Crippen LogP contribution in [0.15, 0.2) is 24.3 Å². The molecular weight excluding hydrogens is 530 g/mol. The number of nitrogens with zero attached hydrogens (tertiary/aromatic N) is 3. The number of anilines is 1. The topological polar surface area (TPSA) is 88.5 Å². The Morgan fingerprint density at radius 1 is 1.05 bits per heavy atom. The van der Waals surface area contributed by atoms with E-state index in [4.69, 9.17) is 5.26 Å². The summed E-state index contributed by atoms with van der Waals surface area (Å²) < 4.78 is 0. The molecule has 1 aromatic carbocycles. The summed E-state index contributed by atoms with van der Waals surface area (Å²) in [5.74, 6) is 0.457. The maximum Gasteiger partial charge on any atom is 0.222 e. The number of nitriles is 1. The maximum absolute atomic E-state index is 11.7. The quantitative estimate of drug-likeness (QED) is 0.275. The molecule has 0 unspecified atom stereocenters. The minimum Gasteiger partial charge on any atom is -0.385 e. The number of rotatable bonds is 10. The molecule has 1 heterocycles. The second-order valence-corrected chi connectivity index (χ2v) is 10.0. The number of nitrogens with one attached hydrogen (secondary N) is 2. The smallest absolute Gasteiger partial charge is 0.222 e. The van der Waals surface area contributed by atoms with Crippen LogP contribution < -0.4 is 10.6 Å². The van der Waals surface area contributed by atoms with Gasteiger partial charge in [0.1, 0.15) is 0 Å². The summed E-state index contributed by atoms with van der Waals surface area (Å²) in [4.78, 5) is 26.0. The molecule has 2 rings (SSSR count). The lowest BCUT2D eigenvalue weighted by atomic mass is 10.1. The molecule has 2 amide bonds. The van der Waals surface area contributed by atoms with E-state index < -0.39 is 0 Å². The van der Waals surface area contributed by atoms with Crippen LogP contribution in [0.4, 0.5) is 5.69 Å². The van der Waals surface area contributed by atoms with Gasteiger partial charge in [0.25, 0.3) is 0 Å². The van der Waals surface area contributed by atoms with Gasteiger partial charge in [-0.25, -0.2) is 0 Å². The first kappa shape index (κ1) is 45.7. The highest BCUT2D eigenvalue weighted by Gasteiger charge is 2.10. The predicted octanol–water partition coefficient (Wildman–Crippen LogP) is 7.34. The number of likely N-dealkylation sites (tertiary alicyclic amines) is 1. The van der Waals surface area contributed by atoms with Crippen molar-refractivity contribution in [2.45, 2.75) is 94.4 Å². The number of amides is 2. The molecule has 0 radical (unpaired) electrons. The third-order valence-corrected chi connectivity index (χ3v) is 5.35. The van der Waals surface area contributed by atoms with Crippen molar-refractivity contribution >= 4 is 29.3 Å². The summed E-state index contributed by atoms with van der Waals surface area (Å²) in [6, 6.07) is 10.8. The summed E-state index contributed by atoms with van der Waals surface area (Å²) in [5, 5.41) is 13.9. The molecule has 41 heavy (non-hydrogen) atoms. The average Bonchev–Trinajstić information content (AvgIpc) is 3.51. The number of hydrogen-bond acceptors (Lipinski definition) is 6. The van der Waals surface area contributed by atoms with Gasteiger partial charge in [0, 0.05) is 58.2 Å². The highest BCUT2D eigenvalue weighted by Crippen LogP contribution is 2.13. The Bertz CT molecular complexity index is 730.